The van der Waals surface area contributed by atoms with Crippen LogP contribution in [0.1, 0.15) is 12.0 Å². The molecule has 0 saturated carbocycles. The Kier molecular flexibility index (Phi) is 3.93. The van der Waals surface area contributed by atoms with Gasteiger partial charge in [-0.1, -0.05) is 0 Å². The molecular formula is C19H16N4O3. The van der Waals surface area contributed by atoms with Gasteiger partial charge in [0.05, 0.1) is 17.3 Å². The van der Waals surface area contributed by atoms with Crippen LogP contribution in [0.4, 0.5) is 17.1 Å². The lowest BCUT2D eigenvalue weighted by Crippen LogP contribution is -2.33. The Morgan fingerprint density at radius 1 is 1.19 bits per heavy atom. The monoisotopic (exact) mass is 348 g/mol. The van der Waals surface area contributed by atoms with Gasteiger partial charge in [0.15, 0.2) is 6.61 Å². The van der Waals surface area contributed by atoms with Gasteiger partial charge >= 0.3 is 0 Å². The molecule has 1 unspecified atom stereocenters. The van der Waals surface area contributed by atoms with Gasteiger partial charge < -0.3 is 20.3 Å². The number of hydrogen-bond acceptors (Lipinski definition) is 5. The molecular weight excluding hydrogens is 332 g/mol. The number of nitrogens with one attached hydrogen (secondary N) is 2. The second-order valence-electron chi connectivity index (χ2n) is 6.18. The third-order valence-corrected chi connectivity index (χ3v) is 4.47. The molecule has 1 atom stereocenters. The Hall–Kier alpha value is -3.53. The molecule has 130 valence electrons. The fraction of sp³-hybridized carbons (Fsp3) is 0.211. The van der Waals surface area contributed by atoms with Crippen molar-refractivity contribution in [3.05, 3.63) is 48.0 Å². The van der Waals surface area contributed by atoms with Crippen LogP contribution in [0.3, 0.4) is 0 Å². The van der Waals surface area contributed by atoms with Crippen molar-refractivity contribution in [2.75, 3.05) is 28.7 Å². The predicted octanol–water partition coefficient (Wildman–Crippen LogP) is 2.11. The molecule has 2 heterocycles. The molecule has 2 aromatic rings. The van der Waals surface area contributed by atoms with Crippen LogP contribution >= 0.6 is 0 Å². The van der Waals surface area contributed by atoms with Gasteiger partial charge in [-0.15, -0.1) is 0 Å². The van der Waals surface area contributed by atoms with Gasteiger partial charge in [-0.3, -0.25) is 9.59 Å². The third-order valence-electron chi connectivity index (χ3n) is 4.47. The maximum absolute atomic E-state index is 12.7. The first kappa shape index (κ1) is 16.0. The molecule has 7 nitrogen and oxygen atoms in total. The molecule has 2 aromatic carbocycles. The average Bonchev–Trinajstić information content (AvgIpc) is 3.02. The Balaban J connectivity index is 1.47. The van der Waals surface area contributed by atoms with Gasteiger partial charge in [0.25, 0.3) is 5.91 Å². The Bertz CT molecular complexity index is 917. The summed E-state index contributed by atoms with van der Waals surface area (Å²) in [5.74, 6) is 0.396. The molecule has 0 radical (unpaired) electrons. The van der Waals surface area contributed by atoms with Crippen LogP contribution in [0.25, 0.3) is 0 Å². The lowest BCUT2D eigenvalue weighted by atomic mass is 10.2. The van der Waals surface area contributed by atoms with Crippen LogP contribution in [0, 0.1) is 11.3 Å². The Labute approximate surface area is 150 Å². The van der Waals surface area contributed by atoms with Crippen molar-refractivity contribution in [1.29, 1.82) is 5.26 Å². The molecule has 26 heavy (non-hydrogen) atoms. The van der Waals surface area contributed by atoms with Crippen LogP contribution < -0.4 is 20.3 Å². The number of amides is 2. The fourth-order valence-corrected chi connectivity index (χ4v) is 3.15. The Morgan fingerprint density at radius 2 is 2.00 bits per heavy atom. The SMILES string of the molecule is N#Cc1ccc(N2CCC(Nc3ccc4c(c3)OCC(=O)N4)C2=O)cc1. The van der Waals surface area contributed by atoms with Crippen molar-refractivity contribution in [1.82, 2.24) is 0 Å². The second-order valence-corrected chi connectivity index (χ2v) is 6.18. The van der Waals surface area contributed by atoms with Crippen molar-refractivity contribution in [3.63, 3.8) is 0 Å². The number of benzene rings is 2. The topological polar surface area (TPSA) is 94.5 Å². The van der Waals surface area contributed by atoms with Gasteiger partial charge in [-0.2, -0.15) is 5.26 Å². The number of anilines is 3. The normalized spacial score (nSPS) is 18.6. The first-order valence-electron chi connectivity index (χ1n) is 8.29. The summed E-state index contributed by atoms with van der Waals surface area (Å²) in [6.07, 6.45) is 0.674. The number of rotatable bonds is 3. The van der Waals surface area contributed by atoms with Crippen molar-refractivity contribution in [3.8, 4) is 11.8 Å². The molecule has 0 spiro atoms. The van der Waals surface area contributed by atoms with E-state index in [1.165, 1.54) is 0 Å². The van der Waals surface area contributed by atoms with Crippen LogP contribution in [-0.2, 0) is 9.59 Å². The highest BCUT2D eigenvalue weighted by Gasteiger charge is 2.32. The number of fused-ring (bicyclic) bond motifs is 1. The highest BCUT2D eigenvalue weighted by Crippen LogP contribution is 2.32. The summed E-state index contributed by atoms with van der Waals surface area (Å²) < 4.78 is 5.41. The molecule has 2 aliphatic rings. The van der Waals surface area contributed by atoms with E-state index in [2.05, 4.69) is 16.7 Å². The Morgan fingerprint density at radius 3 is 2.77 bits per heavy atom. The summed E-state index contributed by atoms with van der Waals surface area (Å²) in [5.41, 5.74) is 2.75. The lowest BCUT2D eigenvalue weighted by molar-refractivity contribution is -0.119. The van der Waals surface area contributed by atoms with Crippen molar-refractivity contribution in [2.24, 2.45) is 0 Å². The number of nitrogens with zero attached hydrogens (tertiary/aromatic N) is 2. The highest BCUT2D eigenvalue weighted by molar-refractivity contribution is 6.01. The summed E-state index contributed by atoms with van der Waals surface area (Å²) in [7, 11) is 0. The molecule has 0 aromatic heterocycles. The molecule has 0 aliphatic carbocycles. The first-order valence-corrected chi connectivity index (χ1v) is 8.29. The summed E-state index contributed by atoms with van der Waals surface area (Å²) in [4.78, 5) is 25.7. The van der Waals surface area contributed by atoms with E-state index in [-0.39, 0.29) is 24.5 Å². The molecule has 1 fully saturated rings. The second kappa shape index (κ2) is 6.41. The minimum atomic E-state index is -0.332. The quantitative estimate of drug-likeness (QED) is 0.886. The minimum Gasteiger partial charge on any atom is -0.482 e. The van der Waals surface area contributed by atoms with E-state index in [1.807, 2.05) is 6.07 Å². The molecule has 2 aliphatic heterocycles. The van der Waals surface area contributed by atoms with Crippen LogP contribution in [0.2, 0.25) is 0 Å². The molecule has 1 saturated heterocycles. The van der Waals surface area contributed by atoms with E-state index in [0.717, 1.165) is 11.4 Å². The number of hydrogen-bond donors (Lipinski definition) is 2. The minimum absolute atomic E-state index is 0.00865. The van der Waals surface area contributed by atoms with E-state index >= 15 is 0 Å². The van der Waals surface area contributed by atoms with Gasteiger partial charge in [-0.25, -0.2) is 0 Å². The third kappa shape index (κ3) is 2.93. The van der Waals surface area contributed by atoms with Gasteiger partial charge in [0.1, 0.15) is 11.8 Å². The highest BCUT2D eigenvalue weighted by atomic mass is 16.5. The summed E-state index contributed by atoms with van der Waals surface area (Å²) in [6.45, 7) is 0.602. The number of nitriles is 1. The number of ether oxygens (including phenoxy) is 1. The summed E-state index contributed by atoms with van der Waals surface area (Å²) >= 11 is 0. The zero-order valence-electron chi connectivity index (χ0n) is 13.9. The fourth-order valence-electron chi connectivity index (χ4n) is 3.15. The van der Waals surface area contributed by atoms with Crippen LogP contribution in [-0.4, -0.2) is 31.0 Å². The largest absolute Gasteiger partial charge is 0.482 e. The van der Waals surface area contributed by atoms with Crippen molar-refractivity contribution in [2.45, 2.75) is 12.5 Å². The maximum Gasteiger partial charge on any atom is 0.262 e. The molecule has 7 heteroatoms. The van der Waals surface area contributed by atoms with E-state index in [4.69, 9.17) is 10.00 Å². The maximum atomic E-state index is 12.7. The number of carbonyl (C=O) groups is 2. The van der Waals surface area contributed by atoms with E-state index < -0.39 is 0 Å². The molecule has 2 N–H and O–H groups in total. The summed E-state index contributed by atoms with van der Waals surface area (Å²) in [6, 6.07) is 14.1. The van der Waals surface area contributed by atoms with Crippen molar-refractivity contribution < 1.29 is 14.3 Å². The predicted molar refractivity (Wildman–Crippen MR) is 96.1 cm³/mol. The van der Waals surface area contributed by atoms with E-state index in [9.17, 15) is 9.59 Å². The first-order chi connectivity index (χ1) is 12.6. The number of carbonyl (C=O) groups excluding carboxylic acids is 2. The average molecular weight is 348 g/mol. The molecule has 2 amide bonds. The molecule has 4 rings (SSSR count). The van der Waals surface area contributed by atoms with Gasteiger partial charge in [0.2, 0.25) is 5.91 Å². The molecule has 0 bridgehead atoms. The van der Waals surface area contributed by atoms with Gasteiger partial charge in [-0.05, 0) is 42.8 Å². The zero-order chi connectivity index (χ0) is 18.1. The lowest BCUT2D eigenvalue weighted by Gasteiger charge is -2.20. The smallest absolute Gasteiger partial charge is 0.262 e. The van der Waals surface area contributed by atoms with Crippen LogP contribution in [0.15, 0.2) is 42.5 Å². The zero-order valence-corrected chi connectivity index (χ0v) is 13.9. The summed E-state index contributed by atoms with van der Waals surface area (Å²) in [5, 5.41) is 14.9. The van der Waals surface area contributed by atoms with E-state index in [0.29, 0.717) is 30.0 Å². The van der Waals surface area contributed by atoms with Gasteiger partial charge in [0, 0.05) is 24.0 Å². The van der Waals surface area contributed by atoms with E-state index in [1.54, 1.807) is 41.3 Å². The van der Waals surface area contributed by atoms with Crippen LogP contribution in [0.5, 0.6) is 5.75 Å². The van der Waals surface area contributed by atoms with Crippen molar-refractivity contribution >= 4 is 28.9 Å². The standard InChI is InChI=1S/C19H16N4O3/c20-10-12-1-4-14(5-2-12)23-8-7-16(19(23)25)21-13-3-6-15-17(9-13)26-11-18(24)22-15/h1-6,9,16,21H,7-8,11H2,(H,22,24).